The van der Waals surface area contributed by atoms with Gasteiger partial charge in [0.2, 0.25) is 0 Å². The van der Waals surface area contributed by atoms with Gasteiger partial charge in [0.1, 0.15) is 0 Å². The van der Waals surface area contributed by atoms with E-state index >= 15 is 0 Å². The van der Waals surface area contributed by atoms with Crippen LogP contribution in [0.2, 0.25) is 0 Å². The lowest BCUT2D eigenvalue weighted by atomic mass is 10.0. The van der Waals surface area contributed by atoms with Gasteiger partial charge in [-0.2, -0.15) is 12.6 Å². The fourth-order valence-electron chi connectivity index (χ4n) is 3.79. The molecular weight excluding hydrogens is 330 g/mol. The highest BCUT2D eigenvalue weighted by Crippen LogP contribution is 2.20. The van der Waals surface area contributed by atoms with Crippen molar-refractivity contribution < 1.29 is 9.28 Å². The van der Waals surface area contributed by atoms with Gasteiger partial charge in [0.05, 0.1) is 45.3 Å². The largest absolute Gasteiger partial charge is 0.327 e. The summed E-state index contributed by atoms with van der Waals surface area (Å²) in [7, 11) is 0. The van der Waals surface area contributed by atoms with Crippen molar-refractivity contribution in [2.45, 2.75) is 39.7 Å². The Hall–Kier alpha value is -1.04. The molecule has 140 valence electrons. The Morgan fingerprint density at radius 1 is 1.32 bits per heavy atom. The van der Waals surface area contributed by atoms with E-state index in [9.17, 15) is 4.79 Å². The van der Waals surface area contributed by atoms with E-state index in [1.807, 2.05) is 24.0 Å². The van der Waals surface area contributed by atoms with Crippen LogP contribution >= 0.6 is 12.6 Å². The molecule has 0 unspecified atom stereocenters. The van der Waals surface area contributed by atoms with Crippen LogP contribution in [0.1, 0.15) is 41.3 Å². The number of rotatable bonds is 7. The molecule has 1 heterocycles. The van der Waals surface area contributed by atoms with E-state index in [-0.39, 0.29) is 11.9 Å². The topological polar surface area (TPSA) is 46.3 Å². The van der Waals surface area contributed by atoms with Crippen LogP contribution in [-0.4, -0.2) is 66.4 Å². The minimum Gasteiger partial charge on any atom is -0.327 e. The summed E-state index contributed by atoms with van der Waals surface area (Å²) >= 11 is 4.36. The zero-order valence-electron chi connectivity index (χ0n) is 16.0. The van der Waals surface area contributed by atoms with Crippen LogP contribution in [0.5, 0.6) is 0 Å². The number of hydrogen-bond donors (Lipinski definition) is 2. The third kappa shape index (κ3) is 4.99. The summed E-state index contributed by atoms with van der Waals surface area (Å²) in [4.78, 5) is 15.0. The van der Waals surface area contributed by atoms with Crippen molar-refractivity contribution in [1.29, 1.82) is 0 Å². The molecule has 0 aliphatic carbocycles. The Bertz CT molecular complexity index is 582. The molecule has 0 spiro atoms. The van der Waals surface area contributed by atoms with E-state index in [4.69, 9.17) is 5.73 Å². The number of benzene rings is 1. The molecule has 0 saturated carbocycles. The second-order valence-corrected chi connectivity index (χ2v) is 7.90. The third-order valence-corrected chi connectivity index (χ3v) is 6.12. The lowest BCUT2D eigenvalue weighted by molar-refractivity contribution is -0.932. The first-order valence-corrected chi connectivity index (χ1v) is 10.1. The van der Waals surface area contributed by atoms with Crippen LogP contribution in [-0.2, 0) is 0 Å². The summed E-state index contributed by atoms with van der Waals surface area (Å²) in [5.74, 6) is 0.894. The number of nitrogens with two attached hydrogens (primary N) is 1. The molecule has 2 N–H and O–H groups in total. The molecular formula is C20H34N3OS+. The van der Waals surface area contributed by atoms with Crippen molar-refractivity contribution in [3.8, 4) is 0 Å². The van der Waals surface area contributed by atoms with Gasteiger partial charge in [0.25, 0.3) is 5.91 Å². The molecule has 0 bridgehead atoms. The molecule has 1 aliphatic heterocycles. The van der Waals surface area contributed by atoms with E-state index in [0.29, 0.717) is 0 Å². The minimum absolute atomic E-state index is 0.126. The summed E-state index contributed by atoms with van der Waals surface area (Å²) in [6.07, 6.45) is 2.41. The van der Waals surface area contributed by atoms with Crippen LogP contribution < -0.4 is 5.73 Å². The quantitative estimate of drug-likeness (QED) is 0.577. The SMILES string of the molecule is CCCC[N+]1(C[C@H](N)CS)CCN(C(=O)c2cccc(C)c2C)CC1. The van der Waals surface area contributed by atoms with Crippen LogP contribution in [0.15, 0.2) is 18.2 Å². The number of quaternary nitrogens is 1. The maximum Gasteiger partial charge on any atom is 0.254 e. The van der Waals surface area contributed by atoms with E-state index < -0.39 is 0 Å². The van der Waals surface area contributed by atoms with Crippen molar-refractivity contribution in [2.24, 2.45) is 5.73 Å². The highest BCUT2D eigenvalue weighted by molar-refractivity contribution is 7.80. The molecule has 4 nitrogen and oxygen atoms in total. The number of unbranched alkanes of at least 4 members (excludes halogenated alkanes) is 1. The fourth-order valence-corrected chi connectivity index (χ4v) is 3.91. The molecule has 1 aliphatic rings. The van der Waals surface area contributed by atoms with Crippen molar-refractivity contribution >= 4 is 18.5 Å². The molecule has 1 atom stereocenters. The maximum atomic E-state index is 13.0. The second-order valence-electron chi connectivity index (χ2n) is 7.53. The fraction of sp³-hybridized carbons (Fsp3) is 0.650. The smallest absolute Gasteiger partial charge is 0.254 e. The first-order valence-electron chi connectivity index (χ1n) is 9.49. The van der Waals surface area contributed by atoms with Crippen molar-refractivity contribution in [3.05, 3.63) is 34.9 Å². The van der Waals surface area contributed by atoms with Gasteiger partial charge in [-0.25, -0.2) is 0 Å². The summed E-state index contributed by atoms with van der Waals surface area (Å²) < 4.78 is 1.03. The van der Waals surface area contributed by atoms with Crippen LogP contribution in [0, 0.1) is 13.8 Å². The first-order chi connectivity index (χ1) is 11.9. The lowest BCUT2D eigenvalue weighted by Gasteiger charge is -2.46. The van der Waals surface area contributed by atoms with Crippen molar-refractivity contribution in [3.63, 3.8) is 0 Å². The number of hydrogen-bond acceptors (Lipinski definition) is 3. The van der Waals surface area contributed by atoms with Gasteiger partial charge < -0.3 is 15.1 Å². The number of carbonyl (C=O) groups excluding carboxylic acids is 1. The Labute approximate surface area is 158 Å². The van der Waals surface area contributed by atoms with Gasteiger partial charge in [-0.15, -0.1) is 0 Å². The molecule has 1 amide bonds. The summed E-state index contributed by atoms with van der Waals surface area (Å²) in [6.45, 7) is 12.1. The average molecular weight is 365 g/mol. The van der Waals surface area contributed by atoms with Crippen LogP contribution in [0.4, 0.5) is 0 Å². The van der Waals surface area contributed by atoms with E-state index in [2.05, 4.69) is 32.5 Å². The van der Waals surface area contributed by atoms with Crippen molar-refractivity contribution in [1.82, 2.24) is 4.90 Å². The van der Waals surface area contributed by atoms with E-state index in [1.165, 1.54) is 18.4 Å². The molecule has 1 aromatic carbocycles. The number of piperazine rings is 1. The lowest BCUT2D eigenvalue weighted by Crippen LogP contribution is -2.64. The Kier molecular flexibility index (Phi) is 7.35. The number of thiol groups is 1. The van der Waals surface area contributed by atoms with Gasteiger partial charge in [0.15, 0.2) is 0 Å². The molecule has 0 aromatic heterocycles. The molecule has 1 saturated heterocycles. The second kappa shape index (κ2) is 9.06. The van der Waals surface area contributed by atoms with Gasteiger partial charge >= 0.3 is 0 Å². The van der Waals surface area contributed by atoms with Gasteiger partial charge in [-0.05, 0) is 37.5 Å². The van der Waals surface area contributed by atoms with Gasteiger partial charge in [0, 0.05) is 11.3 Å². The monoisotopic (exact) mass is 364 g/mol. The third-order valence-electron chi connectivity index (χ3n) is 5.65. The van der Waals surface area contributed by atoms with Crippen LogP contribution in [0.3, 0.4) is 0 Å². The summed E-state index contributed by atoms with van der Waals surface area (Å²) in [5, 5.41) is 0. The summed E-state index contributed by atoms with van der Waals surface area (Å²) in [6, 6.07) is 6.12. The molecule has 25 heavy (non-hydrogen) atoms. The molecule has 1 fully saturated rings. The minimum atomic E-state index is 0.126. The average Bonchev–Trinajstić information content (AvgIpc) is 2.62. The van der Waals surface area contributed by atoms with E-state index in [1.54, 1.807) is 0 Å². The zero-order valence-corrected chi connectivity index (χ0v) is 16.9. The summed E-state index contributed by atoms with van der Waals surface area (Å²) in [5.41, 5.74) is 9.33. The van der Waals surface area contributed by atoms with Crippen LogP contribution in [0.25, 0.3) is 0 Å². The van der Waals surface area contributed by atoms with Gasteiger partial charge in [-0.3, -0.25) is 4.79 Å². The highest BCUT2D eigenvalue weighted by Gasteiger charge is 2.35. The first kappa shape index (κ1) is 20.3. The predicted octanol–water partition coefficient (Wildman–Crippen LogP) is 2.63. The number of aryl methyl sites for hydroxylation is 1. The normalized spacial score (nSPS) is 18.2. The standard InChI is InChI=1S/C20H33N3OS/c1-4-5-11-23(14-18(21)15-25)12-9-22(10-13-23)20(24)19-8-6-7-16(2)17(19)3/h6-8,18H,4-5,9-15,21H2,1-3H3/p+1/t18-/m0/s1. The van der Waals surface area contributed by atoms with Gasteiger partial charge in [-0.1, -0.05) is 25.5 Å². The molecule has 2 rings (SSSR count). The molecule has 5 heteroatoms. The molecule has 1 aromatic rings. The zero-order chi connectivity index (χ0) is 18.4. The predicted molar refractivity (Wildman–Crippen MR) is 108 cm³/mol. The van der Waals surface area contributed by atoms with Crippen molar-refractivity contribution in [2.75, 3.05) is 45.0 Å². The highest BCUT2D eigenvalue weighted by atomic mass is 32.1. The number of carbonyl (C=O) groups is 1. The number of nitrogens with zero attached hydrogens (tertiary/aromatic N) is 2. The van der Waals surface area contributed by atoms with E-state index in [0.717, 1.165) is 60.6 Å². The Morgan fingerprint density at radius 2 is 2.00 bits per heavy atom. The Balaban J connectivity index is 2.07. The molecule has 0 radical (unpaired) electrons. The number of amides is 1. The Morgan fingerprint density at radius 3 is 2.60 bits per heavy atom. The maximum absolute atomic E-state index is 13.0.